The maximum atomic E-state index is 12.2. The summed E-state index contributed by atoms with van der Waals surface area (Å²) < 4.78 is 10.6. The van der Waals surface area contributed by atoms with Gasteiger partial charge in [0, 0.05) is 5.56 Å². The second-order valence-electron chi connectivity index (χ2n) is 4.31. The highest BCUT2D eigenvalue weighted by Crippen LogP contribution is 2.31. The highest BCUT2D eigenvalue weighted by Gasteiger charge is 2.23. The Kier molecular flexibility index (Phi) is 4.27. The minimum Gasteiger partial charge on any atom is -0.486 e. The normalized spacial score (nSPS) is 12.6. The molecule has 2 rings (SSSR count). The Balaban J connectivity index is 2.23. The molecule has 0 bridgehead atoms. The van der Waals surface area contributed by atoms with E-state index in [1.54, 1.807) is 0 Å². The molecule has 1 aliphatic heterocycles. The molecule has 0 saturated heterocycles. The third kappa shape index (κ3) is 3.62. The Labute approximate surface area is 119 Å². The van der Waals surface area contributed by atoms with Crippen LogP contribution < -0.4 is 9.47 Å². The largest absolute Gasteiger partial charge is 0.486 e. The van der Waals surface area contributed by atoms with E-state index in [2.05, 4.69) is 0 Å². The molecule has 1 aliphatic rings. The Hall–Kier alpha value is -2.77. The van der Waals surface area contributed by atoms with Crippen LogP contribution in [0.2, 0.25) is 0 Å². The minimum absolute atomic E-state index is 0.141. The summed E-state index contributed by atoms with van der Waals surface area (Å²) in [6.07, 6.45) is 0. The first kappa shape index (κ1) is 14.6. The molecule has 2 N–H and O–H groups in total. The van der Waals surface area contributed by atoms with Gasteiger partial charge in [0.1, 0.15) is 26.3 Å². The Morgan fingerprint density at radius 1 is 1.00 bits per heavy atom. The minimum atomic E-state index is -1.29. The van der Waals surface area contributed by atoms with Crippen molar-refractivity contribution in [3.05, 3.63) is 23.8 Å². The molecule has 0 unspecified atom stereocenters. The summed E-state index contributed by atoms with van der Waals surface area (Å²) in [6.45, 7) is -0.637. The molecule has 0 saturated carbocycles. The predicted octanol–water partition coefficient (Wildman–Crippen LogP) is 0.0692. The quantitative estimate of drug-likeness (QED) is 0.790. The lowest BCUT2D eigenvalue weighted by atomic mass is 10.1. The van der Waals surface area contributed by atoms with E-state index in [0.29, 0.717) is 24.7 Å². The van der Waals surface area contributed by atoms with Gasteiger partial charge in [-0.25, -0.2) is 0 Å². The number of benzene rings is 1. The van der Waals surface area contributed by atoms with Crippen molar-refractivity contribution in [1.29, 1.82) is 0 Å². The molecule has 0 radical (unpaired) electrons. The number of aliphatic carboxylic acids is 2. The summed E-state index contributed by atoms with van der Waals surface area (Å²) in [7, 11) is 0. The molecule has 0 spiro atoms. The van der Waals surface area contributed by atoms with Gasteiger partial charge in [-0.05, 0) is 18.2 Å². The molecule has 0 fully saturated rings. The average molecular weight is 295 g/mol. The highest BCUT2D eigenvalue weighted by atomic mass is 16.6. The number of nitrogens with zero attached hydrogens (tertiary/aromatic N) is 1. The van der Waals surface area contributed by atoms with Crippen molar-refractivity contribution in [2.24, 2.45) is 0 Å². The molecule has 112 valence electrons. The zero-order chi connectivity index (χ0) is 15.4. The van der Waals surface area contributed by atoms with E-state index in [9.17, 15) is 14.4 Å². The van der Waals surface area contributed by atoms with Crippen LogP contribution in [-0.4, -0.2) is 59.3 Å². The van der Waals surface area contributed by atoms with Gasteiger partial charge in [-0.3, -0.25) is 14.4 Å². The number of ether oxygens (including phenoxy) is 2. The van der Waals surface area contributed by atoms with E-state index in [1.807, 2.05) is 0 Å². The van der Waals surface area contributed by atoms with Crippen molar-refractivity contribution in [1.82, 2.24) is 4.90 Å². The molecule has 0 aliphatic carbocycles. The third-order valence-electron chi connectivity index (χ3n) is 2.73. The monoisotopic (exact) mass is 295 g/mol. The van der Waals surface area contributed by atoms with Gasteiger partial charge in [0.25, 0.3) is 5.91 Å². The molecular formula is C13H13NO7. The second-order valence-corrected chi connectivity index (χ2v) is 4.31. The summed E-state index contributed by atoms with van der Waals surface area (Å²) in [4.78, 5) is 34.4. The Morgan fingerprint density at radius 2 is 1.57 bits per heavy atom. The first-order valence-electron chi connectivity index (χ1n) is 6.10. The molecule has 8 nitrogen and oxygen atoms in total. The summed E-state index contributed by atoms with van der Waals surface area (Å²) in [5.74, 6) is -2.42. The molecular weight excluding hydrogens is 282 g/mol. The van der Waals surface area contributed by atoms with Crippen LogP contribution in [0.25, 0.3) is 0 Å². The van der Waals surface area contributed by atoms with Crippen LogP contribution in [0.3, 0.4) is 0 Å². The van der Waals surface area contributed by atoms with Crippen LogP contribution in [0, 0.1) is 0 Å². The van der Waals surface area contributed by atoms with E-state index >= 15 is 0 Å². The number of hydrogen-bond acceptors (Lipinski definition) is 5. The van der Waals surface area contributed by atoms with Gasteiger partial charge in [-0.15, -0.1) is 0 Å². The SMILES string of the molecule is O=C(O)CN(CC(=O)O)C(=O)c1ccc2c(c1)OCCO2. The number of carboxylic acids is 2. The van der Waals surface area contributed by atoms with Crippen molar-refractivity contribution in [2.45, 2.75) is 0 Å². The molecule has 1 heterocycles. The molecule has 0 atom stereocenters. The van der Waals surface area contributed by atoms with E-state index in [0.717, 1.165) is 4.90 Å². The number of rotatable bonds is 5. The Bertz CT molecular complexity index is 568. The zero-order valence-corrected chi connectivity index (χ0v) is 10.9. The molecule has 21 heavy (non-hydrogen) atoms. The van der Waals surface area contributed by atoms with E-state index in [-0.39, 0.29) is 5.56 Å². The van der Waals surface area contributed by atoms with Gasteiger partial charge >= 0.3 is 11.9 Å². The lowest BCUT2D eigenvalue weighted by molar-refractivity contribution is -0.140. The van der Waals surface area contributed by atoms with Crippen LogP contribution in [0.1, 0.15) is 10.4 Å². The van der Waals surface area contributed by atoms with Crippen LogP contribution in [-0.2, 0) is 9.59 Å². The number of carboxylic acid groups (broad SMARTS) is 2. The van der Waals surface area contributed by atoms with Gasteiger partial charge < -0.3 is 24.6 Å². The van der Waals surface area contributed by atoms with Crippen LogP contribution in [0.5, 0.6) is 11.5 Å². The van der Waals surface area contributed by atoms with Gasteiger partial charge in [0.15, 0.2) is 11.5 Å². The topological polar surface area (TPSA) is 113 Å². The zero-order valence-electron chi connectivity index (χ0n) is 10.9. The first-order valence-corrected chi connectivity index (χ1v) is 6.10. The second kappa shape index (κ2) is 6.12. The molecule has 1 aromatic rings. The van der Waals surface area contributed by atoms with E-state index in [1.165, 1.54) is 18.2 Å². The molecule has 1 aromatic carbocycles. The lowest BCUT2D eigenvalue weighted by Gasteiger charge is -2.21. The predicted molar refractivity (Wildman–Crippen MR) is 68.6 cm³/mol. The number of carbonyl (C=O) groups excluding carboxylic acids is 1. The van der Waals surface area contributed by atoms with Crippen LogP contribution in [0.15, 0.2) is 18.2 Å². The fourth-order valence-electron chi connectivity index (χ4n) is 1.89. The number of amides is 1. The summed E-state index contributed by atoms with van der Waals surface area (Å²) >= 11 is 0. The third-order valence-corrected chi connectivity index (χ3v) is 2.73. The molecule has 0 aromatic heterocycles. The van der Waals surface area contributed by atoms with Gasteiger partial charge in [0.2, 0.25) is 0 Å². The van der Waals surface area contributed by atoms with Crippen LogP contribution >= 0.6 is 0 Å². The maximum Gasteiger partial charge on any atom is 0.323 e. The van der Waals surface area contributed by atoms with Crippen molar-refractivity contribution in [3.63, 3.8) is 0 Å². The number of fused-ring (bicyclic) bond motifs is 1. The average Bonchev–Trinajstić information content (AvgIpc) is 2.44. The van der Waals surface area contributed by atoms with Crippen LogP contribution in [0.4, 0.5) is 0 Å². The molecule has 1 amide bonds. The van der Waals surface area contributed by atoms with Gasteiger partial charge in [0.05, 0.1) is 0 Å². The summed E-state index contributed by atoms with van der Waals surface area (Å²) in [6, 6.07) is 4.38. The Morgan fingerprint density at radius 3 is 2.14 bits per heavy atom. The first-order chi connectivity index (χ1) is 9.97. The fourth-order valence-corrected chi connectivity index (χ4v) is 1.89. The number of carbonyl (C=O) groups is 3. The van der Waals surface area contributed by atoms with Gasteiger partial charge in [-0.1, -0.05) is 0 Å². The standard InChI is InChI=1S/C13H13NO7/c15-11(16)6-14(7-12(17)18)13(19)8-1-2-9-10(5-8)21-4-3-20-9/h1-2,5H,3-4,6-7H2,(H,15,16)(H,17,18). The van der Waals surface area contributed by atoms with E-state index in [4.69, 9.17) is 19.7 Å². The van der Waals surface area contributed by atoms with Crippen molar-refractivity contribution < 1.29 is 34.1 Å². The van der Waals surface area contributed by atoms with Crippen molar-refractivity contribution >= 4 is 17.8 Å². The smallest absolute Gasteiger partial charge is 0.323 e. The lowest BCUT2D eigenvalue weighted by Crippen LogP contribution is -2.39. The fraction of sp³-hybridized carbons (Fsp3) is 0.308. The van der Waals surface area contributed by atoms with Crippen molar-refractivity contribution in [2.75, 3.05) is 26.3 Å². The highest BCUT2D eigenvalue weighted by molar-refractivity contribution is 5.98. The van der Waals surface area contributed by atoms with Crippen molar-refractivity contribution in [3.8, 4) is 11.5 Å². The number of hydrogen-bond donors (Lipinski definition) is 2. The maximum absolute atomic E-state index is 12.2. The molecule has 8 heteroatoms. The van der Waals surface area contributed by atoms with E-state index < -0.39 is 30.9 Å². The summed E-state index contributed by atoms with van der Waals surface area (Å²) in [5, 5.41) is 17.5. The van der Waals surface area contributed by atoms with Gasteiger partial charge in [-0.2, -0.15) is 0 Å². The summed E-state index contributed by atoms with van der Waals surface area (Å²) in [5.41, 5.74) is 0.141.